The fourth-order valence-corrected chi connectivity index (χ4v) is 4.17. The fraction of sp³-hybridized carbons (Fsp3) is 0.280. The number of benzene rings is 2. The summed E-state index contributed by atoms with van der Waals surface area (Å²) in [5, 5.41) is 9.87. The van der Waals surface area contributed by atoms with Crippen LogP contribution in [0.5, 0.6) is 11.6 Å². The van der Waals surface area contributed by atoms with E-state index in [9.17, 15) is 4.79 Å². The highest BCUT2D eigenvalue weighted by molar-refractivity contribution is 6.33. The molecule has 0 radical (unpaired) electrons. The van der Waals surface area contributed by atoms with Gasteiger partial charge in [0.15, 0.2) is 11.2 Å². The summed E-state index contributed by atoms with van der Waals surface area (Å²) in [5.41, 5.74) is 2.58. The van der Waals surface area contributed by atoms with Crippen molar-refractivity contribution in [2.45, 2.75) is 38.3 Å². The Morgan fingerprint density at radius 3 is 2.71 bits per heavy atom. The predicted molar refractivity (Wildman–Crippen MR) is 132 cm³/mol. The average molecular weight is 513 g/mol. The summed E-state index contributed by atoms with van der Waals surface area (Å²) < 4.78 is 13.6. The van der Waals surface area contributed by atoms with Gasteiger partial charge in [-0.2, -0.15) is 4.98 Å². The van der Waals surface area contributed by atoms with Gasteiger partial charge in [-0.3, -0.25) is 4.79 Å². The van der Waals surface area contributed by atoms with Crippen molar-refractivity contribution < 1.29 is 19.4 Å². The van der Waals surface area contributed by atoms with Gasteiger partial charge in [-0.15, -0.1) is 0 Å². The van der Waals surface area contributed by atoms with Crippen LogP contribution in [0.2, 0.25) is 10.0 Å². The van der Waals surface area contributed by atoms with Crippen LogP contribution in [0, 0.1) is 0 Å². The van der Waals surface area contributed by atoms with Crippen molar-refractivity contribution in [3.05, 3.63) is 64.4 Å². The van der Waals surface area contributed by atoms with Gasteiger partial charge in [0.25, 0.3) is 0 Å². The highest BCUT2D eigenvalue weighted by atomic mass is 35.5. The SMILES string of the molecule is CC1(Oc2ncnc3c2nc(-c2ccc(OCCC(=O)O)cc2Cl)n3Cc2cccc(Cl)c2)CC1. The van der Waals surface area contributed by atoms with E-state index >= 15 is 0 Å². The van der Waals surface area contributed by atoms with E-state index in [-0.39, 0.29) is 18.6 Å². The Bertz CT molecular complexity index is 1420. The molecule has 10 heteroatoms. The molecule has 0 bridgehead atoms. The molecular formula is C25H22Cl2N4O4. The van der Waals surface area contributed by atoms with Gasteiger partial charge < -0.3 is 19.1 Å². The molecule has 1 fully saturated rings. The predicted octanol–water partition coefficient (Wildman–Crippen LogP) is 5.63. The van der Waals surface area contributed by atoms with E-state index in [2.05, 4.69) is 9.97 Å². The van der Waals surface area contributed by atoms with Gasteiger partial charge in [0.1, 0.15) is 23.5 Å². The average Bonchev–Trinajstić information content (AvgIpc) is 3.42. The lowest BCUT2D eigenvalue weighted by Crippen LogP contribution is -2.13. The molecule has 0 amide bonds. The Labute approximate surface area is 211 Å². The van der Waals surface area contributed by atoms with E-state index in [1.54, 1.807) is 18.2 Å². The molecule has 8 nitrogen and oxygen atoms in total. The third kappa shape index (κ3) is 5.18. The van der Waals surface area contributed by atoms with E-state index in [4.69, 9.17) is 42.8 Å². The number of nitrogens with zero attached hydrogens (tertiary/aromatic N) is 4. The molecule has 0 unspecified atom stereocenters. The Hall–Kier alpha value is -3.36. The summed E-state index contributed by atoms with van der Waals surface area (Å²) in [5.74, 6) is 0.573. The van der Waals surface area contributed by atoms with E-state index in [0.717, 1.165) is 18.4 Å². The molecular weight excluding hydrogens is 491 g/mol. The number of carboxylic acids is 1. The Morgan fingerprint density at radius 2 is 2.00 bits per heavy atom. The first-order chi connectivity index (χ1) is 16.8. The number of carbonyl (C=O) groups is 1. The summed E-state index contributed by atoms with van der Waals surface area (Å²) in [6.45, 7) is 2.55. The van der Waals surface area contributed by atoms with Crippen LogP contribution in [0.15, 0.2) is 48.8 Å². The van der Waals surface area contributed by atoms with E-state index in [1.807, 2.05) is 35.8 Å². The van der Waals surface area contributed by atoms with Gasteiger partial charge in [-0.25, -0.2) is 9.97 Å². The van der Waals surface area contributed by atoms with E-state index in [0.29, 0.717) is 50.8 Å². The quantitative estimate of drug-likeness (QED) is 0.310. The minimum Gasteiger partial charge on any atom is -0.493 e. The molecule has 4 aromatic rings. The molecule has 1 aliphatic rings. The molecule has 1 N–H and O–H groups in total. The molecule has 0 atom stereocenters. The Morgan fingerprint density at radius 1 is 1.17 bits per heavy atom. The van der Waals surface area contributed by atoms with E-state index < -0.39 is 5.97 Å². The Balaban J connectivity index is 1.58. The molecule has 0 aliphatic heterocycles. The largest absolute Gasteiger partial charge is 0.493 e. The zero-order valence-corrected chi connectivity index (χ0v) is 20.4. The molecule has 2 aromatic carbocycles. The van der Waals surface area contributed by atoms with Crippen LogP contribution >= 0.6 is 23.2 Å². The van der Waals surface area contributed by atoms with Gasteiger partial charge in [0.05, 0.1) is 24.6 Å². The highest BCUT2D eigenvalue weighted by Crippen LogP contribution is 2.41. The monoisotopic (exact) mass is 512 g/mol. The number of hydrogen-bond donors (Lipinski definition) is 1. The van der Waals surface area contributed by atoms with Crippen molar-refractivity contribution >= 4 is 40.3 Å². The molecule has 2 aromatic heterocycles. The standard InChI is InChI=1S/C25H22Cl2N4O4/c1-25(8-9-25)35-24-21-23(28-14-29-24)31(13-15-3-2-4-16(26)11-15)22(30-21)18-6-5-17(12-19(18)27)34-10-7-20(32)33/h2-6,11-12,14H,7-10,13H2,1H3,(H,32,33). The second-order valence-electron chi connectivity index (χ2n) is 8.69. The number of fused-ring (bicyclic) bond motifs is 1. The number of hydrogen-bond acceptors (Lipinski definition) is 6. The lowest BCUT2D eigenvalue weighted by molar-refractivity contribution is -0.137. The third-order valence-electron chi connectivity index (χ3n) is 5.79. The topological polar surface area (TPSA) is 99.4 Å². The number of imidazole rings is 1. The van der Waals surface area contributed by atoms with Crippen molar-refractivity contribution in [1.29, 1.82) is 0 Å². The molecule has 1 aliphatic carbocycles. The highest BCUT2D eigenvalue weighted by Gasteiger charge is 2.41. The third-order valence-corrected chi connectivity index (χ3v) is 6.34. The van der Waals surface area contributed by atoms with Crippen LogP contribution < -0.4 is 9.47 Å². The van der Waals surface area contributed by atoms with Crippen molar-refractivity contribution in [1.82, 2.24) is 19.5 Å². The van der Waals surface area contributed by atoms with Crippen molar-refractivity contribution in [2.75, 3.05) is 6.61 Å². The van der Waals surface area contributed by atoms with Gasteiger partial charge in [-0.1, -0.05) is 35.3 Å². The first kappa shape index (κ1) is 23.4. The second kappa shape index (κ2) is 9.36. The normalized spacial score (nSPS) is 14.1. The van der Waals surface area contributed by atoms with E-state index in [1.165, 1.54) is 6.33 Å². The molecule has 35 heavy (non-hydrogen) atoms. The number of ether oxygens (including phenoxy) is 2. The molecule has 180 valence electrons. The van der Waals surface area contributed by atoms with Gasteiger partial charge >= 0.3 is 5.97 Å². The van der Waals surface area contributed by atoms with Gasteiger partial charge in [0.2, 0.25) is 5.88 Å². The van der Waals surface area contributed by atoms with Gasteiger partial charge in [0, 0.05) is 10.6 Å². The van der Waals surface area contributed by atoms with Crippen LogP contribution in [0.1, 0.15) is 31.7 Å². The summed E-state index contributed by atoms with van der Waals surface area (Å²) >= 11 is 12.9. The number of carboxylic acid groups (broad SMARTS) is 1. The minimum absolute atomic E-state index is 0.0490. The maximum atomic E-state index is 10.8. The molecule has 2 heterocycles. The van der Waals surface area contributed by atoms with Crippen LogP contribution in [-0.4, -0.2) is 42.8 Å². The van der Waals surface area contributed by atoms with Crippen LogP contribution in [0.3, 0.4) is 0 Å². The molecule has 0 saturated heterocycles. The number of rotatable bonds is 9. The van der Waals surface area contributed by atoms with Crippen molar-refractivity contribution in [3.63, 3.8) is 0 Å². The maximum absolute atomic E-state index is 10.8. The van der Waals surface area contributed by atoms with Gasteiger partial charge in [-0.05, 0) is 55.7 Å². The molecule has 1 saturated carbocycles. The number of halogens is 2. The second-order valence-corrected chi connectivity index (χ2v) is 9.53. The summed E-state index contributed by atoms with van der Waals surface area (Å²) in [6.07, 6.45) is 3.30. The summed E-state index contributed by atoms with van der Waals surface area (Å²) in [7, 11) is 0. The summed E-state index contributed by atoms with van der Waals surface area (Å²) in [6, 6.07) is 12.8. The molecule has 5 rings (SSSR count). The molecule has 0 spiro atoms. The minimum atomic E-state index is -0.929. The first-order valence-corrected chi connectivity index (χ1v) is 11.9. The van der Waals surface area contributed by atoms with Crippen LogP contribution in [0.4, 0.5) is 0 Å². The smallest absolute Gasteiger partial charge is 0.306 e. The zero-order chi connectivity index (χ0) is 24.6. The lowest BCUT2D eigenvalue weighted by atomic mass is 10.2. The summed E-state index contributed by atoms with van der Waals surface area (Å²) in [4.78, 5) is 24.5. The Kier molecular flexibility index (Phi) is 6.25. The maximum Gasteiger partial charge on any atom is 0.306 e. The number of aromatic nitrogens is 4. The fourth-order valence-electron chi connectivity index (χ4n) is 3.70. The number of aliphatic carboxylic acids is 1. The van der Waals surface area contributed by atoms with Crippen molar-refractivity contribution in [2.24, 2.45) is 0 Å². The first-order valence-electron chi connectivity index (χ1n) is 11.1. The lowest BCUT2D eigenvalue weighted by Gasteiger charge is -2.12. The zero-order valence-electron chi connectivity index (χ0n) is 18.9. The van der Waals surface area contributed by atoms with Crippen molar-refractivity contribution in [3.8, 4) is 23.0 Å². The van der Waals surface area contributed by atoms with Crippen LogP contribution in [-0.2, 0) is 11.3 Å². The van der Waals surface area contributed by atoms with Crippen LogP contribution in [0.25, 0.3) is 22.6 Å².